The summed E-state index contributed by atoms with van der Waals surface area (Å²) >= 11 is 0. The number of nitrogens with zero attached hydrogens (tertiary/aromatic N) is 4. The maximum absolute atomic E-state index is 12.9. The van der Waals surface area contributed by atoms with Gasteiger partial charge < -0.3 is 15.0 Å². The number of aromatic nitrogens is 4. The SMILES string of the molecule is C=CC[C@H]1CNc2cc(C(=O)O)cc3nc(NC(=O)c4cc(C)nn4CC)n1c23. The molecule has 4 rings (SSSR count). The predicted molar refractivity (Wildman–Crippen MR) is 110 cm³/mol. The van der Waals surface area contributed by atoms with Crippen molar-refractivity contribution in [1.82, 2.24) is 19.3 Å². The van der Waals surface area contributed by atoms with Crippen molar-refractivity contribution >= 4 is 34.5 Å². The number of hydrogen-bond acceptors (Lipinski definition) is 5. The smallest absolute Gasteiger partial charge is 0.335 e. The molecular weight excluding hydrogens is 372 g/mol. The van der Waals surface area contributed by atoms with Gasteiger partial charge >= 0.3 is 5.97 Å². The van der Waals surface area contributed by atoms with Crippen LogP contribution >= 0.6 is 0 Å². The molecule has 1 aliphatic rings. The van der Waals surface area contributed by atoms with E-state index in [1.165, 1.54) is 6.07 Å². The molecule has 0 aliphatic carbocycles. The molecule has 0 unspecified atom stereocenters. The molecule has 29 heavy (non-hydrogen) atoms. The Morgan fingerprint density at radius 2 is 2.21 bits per heavy atom. The number of benzene rings is 1. The topological polar surface area (TPSA) is 114 Å². The molecule has 1 aromatic carbocycles. The third kappa shape index (κ3) is 3.14. The normalized spacial score (nSPS) is 15.2. The van der Waals surface area contributed by atoms with E-state index in [0.29, 0.717) is 42.4 Å². The van der Waals surface area contributed by atoms with E-state index < -0.39 is 5.97 Å². The number of aromatic carboxylic acids is 1. The molecule has 0 bridgehead atoms. The van der Waals surface area contributed by atoms with Gasteiger partial charge in [0.1, 0.15) is 5.69 Å². The molecule has 0 fully saturated rings. The second-order valence-corrected chi connectivity index (χ2v) is 7.00. The summed E-state index contributed by atoms with van der Waals surface area (Å²) in [7, 11) is 0. The summed E-state index contributed by atoms with van der Waals surface area (Å²) in [5, 5.41) is 19.9. The van der Waals surface area contributed by atoms with Gasteiger partial charge in [-0.2, -0.15) is 5.10 Å². The molecule has 0 radical (unpaired) electrons. The van der Waals surface area contributed by atoms with Crippen LogP contribution in [0.2, 0.25) is 0 Å². The Morgan fingerprint density at radius 3 is 2.90 bits per heavy atom. The van der Waals surface area contributed by atoms with Crippen molar-refractivity contribution in [3.05, 3.63) is 47.8 Å². The lowest BCUT2D eigenvalue weighted by Crippen LogP contribution is -2.27. The number of carboxylic acid groups (broad SMARTS) is 1. The lowest BCUT2D eigenvalue weighted by atomic mass is 10.1. The summed E-state index contributed by atoms with van der Waals surface area (Å²) in [6.45, 7) is 8.72. The van der Waals surface area contributed by atoms with Crippen molar-refractivity contribution in [3.8, 4) is 0 Å². The van der Waals surface area contributed by atoms with Gasteiger partial charge in [-0.05, 0) is 38.5 Å². The fourth-order valence-electron chi connectivity index (χ4n) is 3.77. The van der Waals surface area contributed by atoms with Crippen LogP contribution < -0.4 is 10.6 Å². The van der Waals surface area contributed by atoms with Crippen LogP contribution in [0, 0.1) is 6.92 Å². The quantitative estimate of drug-likeness (QED) is 0.554. The van der Waals surface area contributed by atoms with Crippen LogP contribution in [0.4, 0.5) is 11.6 Å². The van der Waals surface area contributed by atoms with Crippen molar-refractivity contribution in [2.24, 2.45) is 0 Å². The van der Waals surface area contributed by atoms with Gasteiger partial charge in [0.05, 0.1) is 34.0 Å². The average molecular weight is 394 g/mol. The number of carbonyl (C=O) groups is 2. The van der Waals surface area contributed by atoms with Crippen molar-refractivity contribution in [3.63, 3.8) is 0 Å². The van der Waals surface area contributed by atoms with Crippen LogP contribution in [0.3, 0.4) is 0 Å². The molecule has 1 aliphatic heterocycles. The number of aryl methyl sites for hydroxylation is 2. The highest BCUT2D eigenvalue weighted by molar-refractivity contribution is 6.05. The Morgan fingerprint density at radius 1 is 1.41 bits per heavy atom. The lowest BCUT2D eigenvalue weighted by Gasteiger charge is -2.27. The maximum Gasteiger partial charge on any atom is 0.335 e. The van der Waals surface area contributed by atoms with Gasteiger partial charge in [0, 0.05) is 13.1 Å². The Kier molecular flexibility index (Phi) is 4.57. The first-order chi connectivity index (χ1) is 13.9. The number of allylic oxidation sites excluding steroid dienone is 1. The van der Waals surface area contributed by atoms with Crippen molar-refractivity contribution in [2.45, 2.75) is 32.9 Å². The summed E-state index contributed by atoms with van der Waals surface area (Å²) in [5.41, 5.74) is 3.31. The van der Waals surface area contributed by atoms with E-state index in [2.05, 4.69) is 27.3 Å². The first-order valence-corrected chi connectivity index (χ1v) is 9.42. The van der Waals surface area contributed by atoms with E-state index in [9.17, 15) is 14.7 Å². The minimum absolute atomic E-state index is 0.00574. The van der Waals surface area contributed by atoms with Crippen molar-refractivity contribution in [2.75, 3.05) is 17.2 Å². The molecule has 3 N–H and O–H groups in total. The maximum atomic E-state index is 12.9. The Bertz CT molecular complexity index is 1140. The number of rotatable bonds is 6. The monoisotopic (exact) mass is 394 g/mol. The molecule has 9 heteroatoms. The number of hydrogen-bond donors (Lipinski definition) is 3. The van der Waals surface area contributed by atoms with Crippen molar-refractivity contribution in [1.29, 1.82) is 0 Å². The van der Waals surface area contributed by atoms with Crippen LogP contribution in [0.25, 0.3) is 11.0 Å². The van der Waals surface area contributed by atoms with Crippen LogP contribution in [0.15, 0.2) is 30.9 Å². The van der Waals surface area contributed by atoms with E-state index in [4.69, 9.17) is 0 Å². The predicted octanol–water partition coefficient (Wildman–Crippen LogP) is 3.05. The van der Waals surface area contributed by atoms with Crippen LogP contribution in [-0.2, 0) is 6.54 Å². The van der Waals surface area contributed by atoms with Gasteiger partial charge in [0.2, 0.25) is 5.95 Å². The second-order valence-electron chi connectivity index (χ2n) is 7.00. The highest BCUT2D eigenvalue weighted by atomic mass is 16.4. The van der Waals surface area contributed by atoms with E-state index in [0.717, 1.165) is 11.2 Å². The summed E-state index contributed by atoms with van der Waals surface area (Å²) in [5.74, 6) is -0.959. The number of carbonyl (C=O) groups excluding carboxylic acids is 1. The zero-order valence-electron chi connectivity index (χ0n) is 16.3. The van der Waals surface area contributed by atoms with Gasteiger partial charge in [0.25, 0.3) is 5.91 Å². The fourth-order valence-corrected chi connectivity index (χ4v) is 3.77. The van der Waals surface area contributed by atoms with E-state index >= 15 is 0 Å². The van der Waals surface area contributed by atoms with E-state index in [-0.39, 0.29) is 17.5 Å². The first-order valence-electron chi connectivity index (χ1n) is 9.42. The van der Waals surface area contributed by atoms with Crippen LogP contribution in [-0.4, -0.2) is 42.9 Å². The largest absolute Gasteiger partial charge is 0.478 e. The van der Waals surface area contributed by atoms with Crippen LogP contribution in [0.1, 0.15) is 45.9 Å². The summed E-state index contributed by atoms with van der Waals surface area (Å²) in [6.07, 6.45) is 2.49. The third-order valence-electron chi connectivity index (χ3n) is 5.02. The second kappa shape index (κ2) is 7.08. The van der Waals surface area contributed by atoms with Gasteiger partial charge in [-0.25, -0.2) is 9.78 Å². The first kappa shape index (κ1) is 18.7. The molecule has 150 valence electrons. The molecule has 0 spiro atoms. The molecule has 3 aromatic rings. The molecule has 1 amide bonds. The number of nitrogens with one attached hydrogen (secondary N) is 2. The van der Waals surface area contributed by atoms with Crippen molar-refractivity contribution < 1.29 is 14.7 Å². The highest BCUT2D eigenvalue weighted by Gasteiger charge is 2.27. The summed E-state index contributed by atoms with van der Waals surface area (Å²) in [4.78, 5) is 29.0. The minimum Gasteiger partial charge on any atom is -0.478 e. The molecular formula is C20H22N6O3. The lowest BCUT2D eigenvalue weighted by molar-refractivity contribution is 0.0697. The zero-order chi connectivity index (χ0) is 20.7. The number of anilines is 2. The van der Waals surface area contributed by atoms with E-state index in [1.807, 2.05) is 24.5 Å². The molecule has 0 saturated heterocycles. The molecule has 0 saturated carbocycles. The highest BCUT2D eigenvalue weighted by Crippen LogP contribution is 2.36. The minimum atomic E-state index is -1.03. The standard InChI is InChI=1S/C20H22N6O3/c1-4-6-13-10-21-14-8-12(19(28)29)9-15-17(14)26(13)20(22-15)23-18(27)16-7-11(3)24-25(16)5-2/h4,7-9,13,21H,1,5-6,10H2,2-3H3,(H,28,29)(H,22,23,27)/t13-/m0/s1. The Labute approximate surface area is 167 Å². The Hall–Kier alpha value is -3.62. The number of amides is 1. The Balaban J connectivity index is 1.82. The number of imidazole rings is 1. The van der Waals surface area contributed by atoms with E-state index in [1.54, 1.807) is 16.8 Å². The number of carboxylic acids is 1. The van der Waals surface area contributed by atoms with Gasteiger partial charge in [-0.3, -0.25) is 14.8 Å². The molecule has 9 nitrogen and oxygen atoms in total. The van der Waals surface area contributed by atoms with Gasteiger partial charge in [-0.15, -0.1) is 6.58 Å². The zero-order valence-corrected chi connectivity index (χ0v) is 16.3. The van der Waals surface area contributed by atoms with Gasteiger partial charge in [-0.1, -0.05) is 6.08 Å². The average Bonchev–Trinajstić information content (AvgIpc) is 3.25. The molecule has 3 heterocycles. The molecule has 1 atom stereocenters. The third-order valence-corrected chi connectivity index (χ3v) is 5.02. The van der Waals surface area contributed by atoms with Crippen LogP contribution in [0.5, 0.6) is 0 Å². The molecule has 2 aromatic heterocycles. The van der Waals surface area contributed by atoms with Gasteiger partial charge in [0.15, 0.2) is 0 Å². The fraction of sp³-hybridized carbons (Fsp3) is 0.300. The summed E-state index contributed by atoms with van der Waals surface area (Å²) in [6, 6.07) is 4.84. The summed E-state index contributed by atoms with van der Waals surface area (Å²) < 4.78 is 3.59.